The summed E-state index contributed by atoms with van der Waals surface area (Å²) >= 11 is 5.93. The molecule has 1 heterocycles. The average Bonchev–Trinajstić information content (AvgIpc) is 3.15. The van der Waals surface area contributed by atoms with Gasteiger partial charge in [-0.1, -0.05) is 23.7 Å². The average molecular weight is 359 g/mol. The van der Waals surface area contributed by atoms with Crippen LogP contribution in [0.1, 0.15) is 23.2 Å². The number of hydrogen-bond acceptors (Lipinski definition) is 4. The van der Waals surface area contributed by atoms with Crippen molar-refractivity contribution in [3.63, 3.8) is 0 Å². The molecule has 5 nitrogen and oxygen atoms in total. The number of benzene rings is 2. The molecule has 0 radical (unpaired) electrons. The van der Waals surface area contributed by atoms with Crippen LogP contribution in [0, 0.1) is 0 Å². The van der Waals surface area contributed by atoms with Gasteiger partial charge in [-0.15, -0.1) is 0 Å². The summed E-state index contributed by atoms with van der Waals surface area (Å²) in [6, 6.07) is 14.2. The van der Waals surface area contributed by atoms with Gasteiger partial charge in [-0.25, -0.2) is 4.79 Å². The van der Waals surface area contributed by atoms with Gasteiger partial charge in [-0.05, 0) is 49.2 Å². The molecule has 0 atom stereocenters. The molecule has 0 spiro atoms. The van der Waals surface area contributed by atoms with Gasteiger partial charge in [0.05, 0.1) is 10.6 Å². The molecule has 130 valence electrons. The second kappa shape index (κ2) is 8.03. The highest BCUT2D eigenvalue weighted by atomic mass is 35.5. The lowest BCUT2D eigenvalue weighted by Crippen LogP contribution is -2.21. The number of nitrogens with one attached hydrogen (secondary N) is 1. The molecule has 2 aromatic rings. The third-order valence-electron chi connectivity index (χ3n) is 4.05. The van der Waals surface area contributed by atoms with Gasteiger partial charge in [0.2, 0.25) is 0 Å². The van der Waals surface area contributed by atoms with E-state index in [1.165, 1.54) is 12.8 Å². The maximum Gasteiger partial charge on any atom is 0.340 e. The minimum absolute atomic E-state index is 0.243. The maximum absolute atomic E-state index is 11.9. The summed E-state index contributed by atoms with van der Waals surface area (Å²) in [6.45, 7) is 1.78. The molecule has 0 unspecified atom stereocenters. The van der Waals surface area contributed by atoms with Crippen LogP contribution in [0.25, 0.3) is 0 Å². The van der Waals surface area contributed by atoms with Crippen LogP contribution in [-0.4, -0.2) is 31.6 Å². The molecule has 3 rings (SSSR count). The van der Waals surface area contributed by atoms with Crippen molar-refractivity contribution in [1.82, 2.24) is 0 Å². The van der Waals surface area contributed by atoms with Crippen molar-refractivity contribution in [1.29, 1.82) is 0 Å². The lowest BCUT2D eigenvalue weighted by atomic mass is 10.2. The van der Waals surface area contributed by atoms with Gasteiger partial charge in [-0.3, -0.25) is 4.79 Å². The molecular formula is C19H19ClN2O3. The summed E-state index contributed by atoms with van der Waals surface area (Å²) in [6.07, 6.45) is 2.44. The predicted octanol–water partition coefficient (Wildman–Crippen LogP) is 3.74. The van der Waals surface area contributed by atoms with Crippen LogP contribution in [0.3, 0.4) is 0 Å². The number of ether oxygens (including phenoxy) is 1. The summed E-state index contributed by atoms with van der Waals surface area (Å²) < 4.78 is 5.00. The van der Waals surface area contributed by atoms with E-state index in [1.807, 2.05) is 24.3 Å². The first-order chi connectivity index (χ1) is 12.1. The Bertz CT molecular complexity index is 756. The number of hydrogen-bond donors (Lipinski definition) is 1. The van der Waals surface area contributed by atoms with E-state index < -0.39 is 11.9 Å². The van der Waals surface area contributed by atoms with Gasteiger partial charge in [-0.2, -0.15) is 0 Å². The molecule has 0 bridgehead atoms. The zero-order valence-corrected chi connectivity index (χ0v) is 14.5. The maximum atomic E-state index is 11.9. The van der Waals surface area contributed by atoms with E-state index in [4.69, 9.17) is 16.3 Å². The SMILES string of the molecule is O=C(COC(=O)c1ccccc1Cl)Nc1ccc(N2CCCC2)cc1. The zero-order chi connectivity index (χ0) is 17.6. The Balaban J connectivity index is 1.50. The molecule has 1 saturated heterocycles. The van der Waals surface area contributed by atoms with Crippen molar-refractivity contribution in [2.45, 2.75) is 12.8 Å². The summed E-state index contributed by atoms with van der Waals surface area (Å²) in [4.78, 5) is 26.2. The zero-order valence-electron chi connectivity index (χ0n) is 13.7. The van der Waals surface area contributed by atoms with Crippen LogP contribution in [0.15, 0.2) is 48.5 Å². The number of halogens is 1. The largest absolute Gasteiger partial charge is 0.452 e. The van der Waals surface area contributed by atoms with E-state index in [0.717, 1.165) is 18.8 Å². The van der Waals surface area contributed by atoms with Gasteiger partial charge in [0.15, 0.2) is 6.61 Å². The van der Waals surface area contributed by atoms with Crippen LogP contribution in [0.4, 0.5) is 11.4 Å². The molecule has 1 aliphatic rings. The third-order valence-corrected chi connectivity index (χ3v) is 4.38. The fourth-order valence-corrected chi connectivity index (χ4v) is 2.98. The van der Waals surface area contributed by atoms with Gasteiger partial charge in [0.1, 0.15) is 0 Å². The van der Waals surface area contributed by atoms with Gasteiger partial charge >= 0.3 is 5.97 Å². The number of rotatable bonds is 5. The molecule has 25 heavy (non-hydrogen) atoms. The molecule has 1 N–H and O–H groups in total. The molecule has 2 aromatic carbocycles. The predicted molar refractivity (Wildman–Crippen MR) is 98.3 cm³/mol. The first kappa shape index (κ1) is 17.3. The highest BCUT2D eigenvalue weighted by Gasteiger charge is 2.14. The minimum Gasteiger partial charge on any atom is -0.452 e. The first-order valence-electron chi connectivity index (χ1n) is 8.20. The Labute approximate surface area is 151 Å². The number of anilines is 2. The highest BCUT2D eigenvalue weighted by Crippen LogP contribution is 2.22. The number of carbonyl (C=O) groups excluding carboxylic acids is 2. The van der Waals surface area contributed by atoms with Crippen molar-refractivity contribution in [3.8, 4) is 0 Å². The molecule has 1 aliphatic heterocycles. The van der Waals surface area contributed by atoms with Crippen molar-refractivity contribution in [2.24, 2.45) is 0 Å². The Kier molecular flexibility index (Phi) is 5.56. The Morgan fingerprint density at radius 3 is 2.40 bits per heavy atom. The van der Waals surface area contributed by atoms with Crippen molar-refractivity contribution in [3.05, 3.63) is 59.1 Å². The molecule has 0 saturated carbocycles. The van der Waals surface area contributed by atoms with Gasteiger partial charge in [0.25, 0.3) is 5.91 Å². The van der Waals surface area contributed by atoms with Crippen molar-refractivity contribution in [2.75, 3.05) is 29.9 Å². The van der Waals surface area contributed by atoms with Gasteiger partial charge < -0.3 is 15.0 Å². The standard InChI is InChI=1S/C19H19ClN2O3/c20-17-6-2-1-5-16(17)19(24)25-13-18(23)21-14-7-9-15(10-8-14)22-11-3-4-12-22/h1-2,5-10H,3-4,11-13H2,(H,21,23). The Morgan fingerprint density at radius 2 is 1.72 bits per heavy atom. The van der Waals surface area contributed by atoms with Crippen molar-refractivity contribution < 1.29 is 14.3 Å². The van der Waals surface area contributed by atoms with Crippen LogP contribution >= 0.6 is 11.6 Å². The van der Waals surface area contributed by atoms with Crippen LogP contribution in [0.5, 0.6) is 0 Å². The monoisotopic (exact) mass is 358 g/mol. The van der Waals surface area contributed by atoms with E-state index in [1.54, 1.807) is 24.3 Å². The van der Waals surface area contributed by atoms with E-state index >= 15 is 0 Å². The Morgan fingerprint density at radius 1 is 1.04 bits per heavy atom. The lowest BCUT2D eigenvalue weighted by molar-refractivity contribution is -0.119. The fraction of sp³-hybridized carbons (Fsp3) is 0.263. The topological polar surface area (TPSA) is 58.6 Å². The second-order valence-corrected chi connectivity index (χ2v) is 6.25. The molecular weight excluding hydrogens is 340 g/mol. The molecule has 1 fully saturated rings. The first-order valence-corrected chi connectivity index (χ1v) is 8.58. The normalized spacial score (nSPS) is 13.6. The van der Waals surface area contributed by atoms with Crippen LogP contribution < -0.4 is 10.2 Å². The summed E-state index contributed by atoms with van der Waals surface area (Å²) in [5, 5.41) is 3.01. The lowest BCUT2D eigenvalue weighted by Gasteiger charge is -2.17. The van der Waals surface area contributed by atoms with E-state index in [2.05, 4.69) is 10.2 Å². The van der Waals surface area contributed by atoms with E-state index in [9.17, 15) is 9.59 Å². The number of amides is 1. The van der Waals surface area contributed by atoms with E-state index in [-0.39, 0.29) is 12.2 Å². The molecule has 0 aliphatic carbocycles. The highest BCUT2D eigenvalue weighted by molar-refractivity contribution is 6.33. The summed E-state index contributed by atoms with van der Waals surface area (Å²) in [5.74, 6) is -1.01. The molecule has 1 amide bonds. The fourth-order valence-electron chi connectivity index (χ4n) is 2.76. The Hall–Kier alpha value is -2.53. The van der Waals surface area contributed by atoms with E-state index in [0.29, 0.717) is 10.7 Å². The van der Waals surface area contributed by atoms with Crippen LogP contribution in [-0.2, 0) is 9.53 Å². The third kappa shape index (κ3) is 4.51. The van der Waals surface area contributed by atoms with Crippen molar-refractivity contribution >= 4 is 34.9 Å². The molecule has 6 heteroatoms. The number of carbonyl (C=O) groups is 2. The molecule has 0 aromatic heterocycles. The summed E-state index contributed by atoms with van der Waals surface area (Å²) in [7, 11) is 0. The summed E-state index contributed by atoms with van der Waals surface area (Å²) in [5.41, 5.74) is 2.06. The van der Waals surface area contributed by atoms with Crippen LogP contribution in [0.2, 0.25) is 5.02 Å². The second-order valence-electron chi connectivity index (χ2n) is 5.85. The number of esters is 1. The number of nitrogens with zero attached hydrogens (tertiary/aromatic N) is 1. The smallest absolute Gasteiger partial charge is 0.340 e. The van der Waals surface area contributed by atoms with Gasteiger partial charge in [0, 0.05) is 24.5 Å². The quantitative estimate of drug-likeness (QED) is 0.827. The minimum atomic E-state index is -0.620.